The molecule has 1 aromatic carbocycles. The van der Waals surface area contributed by atoms with Crippen LogP contribution in [0.5, 0.6) is 0 Å². The monoisotopic (exact) mass is 271 g/mol. The fourth-order valence-electron chi connectivity index (χ4n) is 2.12. The number of fused-ring (bicyclic) bond motifs is 1. The van der Waals surface area contributed by atoms with E-state index in [-0.39, 0.29) is 0 Å². The minimum atomic E-state index is 0.528. The third-order valence-electron chi connectivity index (χ3n) is 3.06. The Morgan fingerprint density at radius 3 is 2.95 bits per heavy atom. The van der Waals surface area contributed by atoms with Gasteiger partial charge in [0.15, 0.2) is 5.82 Å². The van der Waals surface area contributed by atoms with Gasteiger partial charge in [-0.15, -0.1) is 5.10 Å². The van der Waals surface area contributed by atoms with Gasteiger partial charge in [-0.3, -0.25) is 0 Å². The SMILES string of the molecule is CC(C)Cc1noc(CCn2nnc3ccccc32)n1. The molecule has 0 aliphatic heterocycles. The van der Waals surface area contributed by atoms with E-state index in [2.05, 4.69) is 34.3 Å². The van der Waals surface area contributed by atoms with E-state index in [1.54, 1.807) is 0 Å². The number of hydrogen-bond donors (Lipinski definition) is 0. The van der Waals surface area contributed by atoms with Gasteiger partial charge in [-0.05, 0) is 18.1 Å². The van der Waals surface area contributed by atoms with Crippen molar-refractivity contribution >= 4 is 11.0 Å². The van der Waals surface area contributed by atoms with E-state index in [1.165, 1.54) is 0 Å². The van der Waals surface area contributed by atoms with E-state index in [1.807, 2.05) is 28.9 Å². The average molecular weight is 271 g/mol. The summed E-state index contributed by atoms with van der Waals surface area (Å²) < 4.78 is 7.12. The quantitative estimate of drug-likeness (QED) is 0.712. The number of para-hydroxylation sites is 1. The van der Waals surface area contributed by atoms with Crippen molar-refractivity contribution in [2.75, 3.05) is 0 Å². The van der Waals surface area contributed by atoms with Gasteiger partial charge in [-0.2, -0.15) is 4.98 Å². The maximum absolute atomic E-state index is 5.25. The Hall–Kier alpha value is -2.24. The normalized spacial score (nSPS) is 11.6. The van der Waals surface area contributed by atoms with E-state index in [4.69, 9.17) is 4.52 Å². The molecule has 104 valence electrons. The summed E-state index contributed by atoms with van der Waals surface area (Å²) in [6.07, 6.45) is 1.51. The summed E-state index contributed by atoms with van der Waals surface area (Å²) in [4.78, 5) is 4.39. The highest BCUT2D eigenvalue weighted by Gasteiger charge is 2.09. The highest BCUT2D eigenvalue weighted by atomic mass is 16.5. The predicted molar refractivity (Wildman–Crippen MR) is 74.1 cm³/mol. The smallest absolute Gasteiger partial charge is 0.228 e. The molecule has 2 heterocycles. The van der Waals surface area contributed by atoms with Crippen LogP contribution in [-0.2, 0) is 19.4 Å². The van der Waals surface area contributed by atoms with Crippen LogP contribution >= 0.6 is 0 Å². The van der Waals surface area contributed by atoms with Gasteiger partial charge < -0.3 is 4.52 Å². The number of hydrogen-bond acceptors (Lipinski definition) is 5. The maximum atomic E-state index is 5.25. The van der Waals surface area contributed by atoms with Crippen molar-refractivity contribution in [3.05, 3.63) is 36.0 Å². The van der Waals surface area contributed by atoms with Gasteiger partial charge in [0.1, 0.15) is 5.52 Å². The number of aryl methyl sites for hydroxylation is 2. The van der Waals surface area contributed by atoms with Crippen LogP contribution in [0.25, 0.3) is 11.0 Å². The summed E-state index contributed by atoms with van der Waals surface area (Å²) in [5, 5.41) is 12.3. The Balaban J connectivity index is 1.68. The van der Waals surface area contributed by atoms with Crippen molar-refractivity contribution < 1.29 is 4.52 Å². The second-order valence-corrected chi connectivity index (χ2v) is 5.25. The molecule has 20 heavy (non-hydrogen) atoms. The first-order valence-corrected chi connectivity index (χ1v) is 6.82. The Labute approximate surface area is 116 Å². The highest BCUT2D eigenvalue weighted by Crippen LogP contribution is 2.11. The Bertz CT molecular complexity index is 700. The van der Waals surface area contributed by atoms with Crippen molar-refractivity contribution in [1.29, 1.82) is 0 Å². The van der Waals surface area contributed by atoms with Gasteiger partial charge in [0.2, 0.25) is 5.89 Å². The first kappa shape index (κ1) is 12.8. The van der Waals surface area contributed by atoms with Crippen LogP contribution in [0, 0.1) is 5.92 Å². The summed E-state index contributed by atoms with van der Waals surface area (Å²) in [5.74, 6) is 1.96. The van der Waals surface area contributed by atoms with Crippen LogP contribution < -0.4 is 0 Å². The molecule has 2 aromatic heterocycles. The molecule has 0 aliphatic rings. The first-order valence-electron chi connectivity index (χ1n) is 6.82. The molecule has 3 rings (SSSR count). The lowest BCUT2D eigenvalue weighted by Gasteiger charge is -1.98. The maximum Gasteiger partial charge on any atom is 0.228 e. The van der Waals surface area contributed by atoms with Crippen molar-refractivity contribution in [3.63, 3.8) is 0 Å². The molecule has 0 N–H and O–H groups in total. The molecule has 0 fully saturated rings. The van der Waals surface area contributed by atoms with E-state index in [0.717, 1.165) is 23.3 Å². The molecule has 0 saturated carbocycles. The molecule has 6 nitrogen and oxygen atoms in total. The molecule has 0 bridgehead atoms. The zero-order valence-electron chi connectivity index (χ0n) is 11.7. The molecule has 0 aliphatic carbocycles. The van der Waals surface area contributed by atoms with Crippen molar-refractivity contribution in [2.24, 2.45) is 5.92 Å². The van der Waals surface area contributed by atoms with Crippen LogP contribution in [0.4, 0.5) is 0 Å². The predicted octanol–water partition coefficient (Wildman–Crippen LogP) is 2.26. The van der Waals surface area contributed by atoms with Crippen LogP contribution in [0.2, 0.25) is 0 Å². The summed E-state index contributed by atoms with van der Waals surface area (Å²) >= 11 is 0. The second-order valence-electron chi connectivity index (χ2n) is 5.25. The third kappa shape index (κ3) is 2.68. The van der Waals surface area contributed by atoms with Crippen LogP contribution in [0.3, 0.4) is 0 Å². The zero-order valence-corrected chi connectivity index (χ0v) is 11.7. The molecule has 0 atom stereocenters. The van der Waals surface area contributed by atoms with Crippen LogP contribution in [0.15, 0.2) is 28.8 Å². The molecular weight excluding hydrogens is 254 g/mol. The summed E-state index contributed by atoms with van der Waals surface area (Å²) in [7, 11) is 0. The van der Waals surface area contributed by atoms with Gasteiger partial charge in [0, 0.05) is 12.8 Å². The van der Waals surface area contributed by atoms with Crippen molar-refractivity contribution in [2.45, 2.75) is 33.2 Å². The second kappa shape index (κ2) is 5.40. The van der Waals surface area contributed by atoms with Crippen LogP contribution in [-0.4, -0.2) is 25.1 Å². The molecule has 0 amide bonds. The molecule has 0 spiro atoms. The van der Waals surface area contributed by atoms with Gasteiger partial charge in [-0.1, -0.05) is 36.4 Å². The molecule has 6 heteroatoms. The standard InChI is InChI=1S/C14H17N5O/c1-10(2)9-13-15-14(20-17-13)7-8-19-12-6-4-3-5-11(12)16-18-19/h3-6,10H,7-9H2,1-2H3. The minimum Gasteiger partial charge on any atom is -0.339 e. The molecular formula is C14H17N5O. The van der Waals surface area contributed by atoms with E-state index >= 15 is 0 Å². The highest BCUT2D eigenvalue weighted by molar-refractivity contribution is 5.73. The number of aromatic nitrogens is 5. The summed E-state index contributed by atoms with van der Waals surface area (Å²) in [6, 6.07) is 7.90. The lowest BCUT2D eigenvalue weighted by Crippen LogP contribution is -2.04. The van der Waals surface area contributed by atoms with Crippen molar-refractivity contribution in [1.82, 2.24) is 25.1 Å². The lowest BCUT2D eigenvalue weighted by molar-refractivity contribution is 0.362. The van der Waals surface area contributed by atoms with Gasteiger partial charge in [0.25, 0.3) is 0 Å². The fourth-order valence-corrected chi connectivity index (χ4v) is 2.12. The Morgan fingerprint density at radius 1 is 1.25 bits per heavy atom. The van der Waals surface area contributed by atoms with Crippen molar-refractivity contribution in [3.8, 4) is 0 Å². The summed E-state index contributed by atoms with van der Waals surface area (Å²) in [6.45, 7) is 4.96. The number of nitrogens with zero attached hydrogens (tertiary/aromatic N) is 5. The fraction of sp³-hybridized carbons (Fsp3) is 0.429. The van der Waals surface area contributed by atoms with E-state index in [0.29, 0.717) is 24.8 Å². The zero-order chi connectivity index (χ0) is 13.9. The van der Waals surface area contributed by atoms with Gasteiger partial charge >= 0.3 is 0 Å². The number of rotatable bonds is 5. The molecule has 0 saturated heterocycles. The molecule has 3 aromatic rings. The Kier molecular flexibility index (Phi) is 3.45. The number of benzene rings is 1. The first-order chi connectivity index (χ1) is 9.72. The van der Waals surface area contributed by atoms with Gasteiger partial charge in [0.05, 0.1) is 12.1 Å². The third-order valence-corrected chi connectivity index (χ3v) is 3.06. The Morgan fingerprint density at radius 2 is 2.10 bits per heavy atom. The largest absolute Gasteiger partial charge is 0.339 e. The topological polar surface area (TPSA) is 69.6 Å². The van der Waals surface area contributed by atoms with E-state index < -0.39 is 0 Å². The molecule has 0 unspecified atom stereocenters. The lowest BCUT2D eigenvalue weighted by atomic mass is 10.1. The molecule has 0 radical (unpaired) electrons. The average Bonchev–Trinajstić information content (AvgIpc) is 3.02. The van der Waals surface area contributed by atoms with Crippen LogP contribution in [0.1, 0.15) is 25.6 Å². The summed E-state index contributed by atoms with van der Waals surface area (Å²) in [5.41, 5.74) is 1.92. The van der Waals surface area contributed by atoms with E-state index in [9.17, 15) is 0 Å². The minimum absolute atomic E-state index is 0.528. The van der Waals surface area contributed by atoms with Gasteiger partial charge in [-0.25, -0.2) is 4.68 Å².